The van der Waals surface area contributed by atoms with Crippen LogP contribution in [0.3, 0.4) is 0 Å². The van der Waals surface area contributed by atoms with Crippen LogP contribution in [0.25, 0.3) is 0 Å². The second kappa shape index (κ2) is 9.65. The van der Waals surface area contributed by atoms with Crippen LogP contribution in [-0.2, 0) is 17.6 Å². The van der Waals surface area contributed by atoms with E-state index in [0.29, 0.717) is 6.54 Å². The lowest BCUT2D eigenvalue weighted by atomic mass is 9.89. The first-order chi connectivity index (χ1) is 13.5. The molecule has 1 unspecified atom stereocenters. The molecule has 148 valence electrons. The highest BCUT2D eigenvalue weighted by Gasteiger charge is 2.17. The molecule has 1 aliphatic rings. The Morgan fingerprint density at radius 2 is 1.68 bits per heavy atom. The molecule has 1 N–H and O–H groups in total. The van der Waals surface area contributed by atoms with Crippen molar-refractivity contribution in [1.82, 2.24) is 10.2 Å². The number of carbonyl (C=O) groups is 2. The maximum Gasteiger partial charge on any atom is 0.220 e. The molecule has 1 atom stereocenters. The van der Waals surface area contributed by atoms with Gasteiger partial charge in [-0.15, -0.1) is 0 Å². The molecule has 0 bridgehead atoms. The number of hydrogen-bond donors (Lipinski definition) is 1. The summed E-state index contributed by atoms with van der Waals surface area (Å²) < 4.78 is 0. The van der Waals surface area contributed by atoms with E-state index >= 15 is 0 Å². The fraction of sp³-hybridized carbons (Fsp3) is 0.417. The van der Waals surface area contributed by atoms with E-state index in [2.05, 4.69) is 28.4 Å². The minimum atomic E-state index is -0.0749. The van der Waals surface area contributed by atoms with Crippen molar-refractivity contribution in [2.24, 2.45) is 0 Å². The van der Waals surface area contributed by atoms with Gasteiger partial charge in [-0.1, -0.05) is 42.5 Å². The Bertz CT molecular complexity index is 815. The lowest BCUT2D eigenvalue weighted by molar-refractivity contribution is -0.121. The molecule has 0 radical (unpaired) electrons. The van der Waals surface area contributed by atoms with E-state index in [9.17, 15) is 9.59 Å². The quantitative estimate of drug-likeness (QED) is 0.708. The van der Waals surface area contributed by atoms with Crippen LogP contribution in [0.4, 0.5) is 0 Å². The second-order valence-corrected chi connectivity index (χ2v) is 7.81. The predicted molar refractivity (Wildman–Crippen MR) is 113 cm³/mol. The van der Waals surface area contributed by atoms with Crippen LogP contribution >= 0.6 is 0 Å². The summed E-state index contributed by atoms with van der Waals surface area (Å²) in [7, 11) is 4.01. The van der Waals surface area contributed by atoms with Crippen LogP contribution in [0.2, 0.25) is 0 Å². The van der Waals surface area contributed by atoms with E-state index in [4.69, 9.17) is 0 Å². The summed E-state index contributed by atoms with van der Waals surface area (Å²) in [5, 5.41) is 2.99. The molecule has 3 rings (SSSR count). The van der Waals surface area contributed by atoms with E-state index in [1.165, 1.54) is 24.0 Å². The van der Waals surface area contributed by atoms with Crippen LogP contribution in [0.15, 0.2) is 48.5 Å². The Morgan fingerprint density at radius 3 is 2.39 bits per heavy atom. The third-order valence-corrected chi connectivity index (χ3v) is 5.55. The van der Waals surface area contributed by atoms with Crippen LogP contribution in [0, 0.1) is 0 Å². The number of hydrogen-bond acceptors (Lipinski definition) is 3. The standard InChI is InChI=1S/C24H30N2O2/c1-26(2)22(19-9-4-3-5-10-19)17-25-24(28)15-14-23(27)21-13-12-18-8-6-7-11-20(18)16-21/h3-5,9-10,12-13,16,22H,6-8,11,14-15,17H2,1-2H3,(H,25,28). The molecule has 28 heavy (non-hydrogen) atoms. The number of ketones is 1. The van der Waals surface area contributed by atoms with Gasteiger partial charge >= 0.3 is 0 Å². The van der Waals surface area contributed by atoms with E-state index in [0.717, 1.165) is 24.0 Å². The lowest BCUT2D eigenvalue weighted by Gasteiger charge is -2.25. The Balaban J connectivity index is 1.50. The van der Waals surface area contributed by atoms with Crippen molar-refractivity contribution in [1.29, 1.82) is 0 Å². The summed E-state index contributed by atoms with van der Waals surface area (Å²) in [6.45, 7) is 0.531. The number of Topliss-reactive ketones (excluding diaryl/α,β-unsaturated/α-hetero) is 1. The van der Waals surface area contributed by atoms with Gasteiger partial charge in [0.05, 0.1) is 6.04 Å². The second-order valence-electron chi connectivity index (χ2n) is 7.81. The van der Waals surface area contributed by atoms with Crippen molar-refractivity contribution in [3.63, 3.8) is 0 Å². The van der Waals surface area contributed by atoms with Crippen LogP contribution in [0.1, 0.15) is 58.8 Å². The Kier molecular flexibility index (Phi) is 6.99. The molecule has 0 aliphatic heterocycles. The van der Waals surface area contributed by atoms with E-state index in [1.807, 2.05) is 44.4 Å². The monoisotopic (exact) mass is 378 g/mol. The number of benzene rings is 2. The minimum absolute atomic E-state index is 0.0516. The van der Waals surface area contributed by atoms with Gasteiger partial charge in [-0.25, -0.2) is 0 Å². The summed E-state index contributed by atoms with van der Waals surface area (Å²) >= 11 is 0. The fourth-order valence-electron chi connectivity index (χ4n) is 3.85. The van der Waals surface area contributed by atoms with E-state index in [-0.39, 0.29) is 30.6 Å². The van der Waals surface area contributed by atoms with Gasteiger partial charge in [0.15, 0.2) is 5.78 Å². The largest absolute Gasteiger partial charge is 0.354 e. The highest BCUT2D eigenvalue weighted by molar-refractivity contribution is 5.98. The molecule has 0 saturated carbocycles. The molecule has 1 aliphatic carbocycles. The Labute approximate surface area is 167 Å². The molecular weight excluding hydrogens is 348 g/mol. The molecule has 0 aromatic heterocycles. The van der Waals surface area contributed by atoms with Crippen molar-refractivity contribution >= 4 is 11.7 Å². The average Bonchev–Trinajstić information content (AvgIpc) is 2.72. The number of fused-ring (bicyclic) bond motifs is 1. The summed E-state index contributed by atoms with van der Waals surface area (Å²) in [6, 6.07) is 16.3. The van der Waals surface area contributed by atoms with Gasteiger partial charge in [-0.2, -0.15) is 0 Å². The van der Waals surface area contributed by atoms with Crippen molar-refractivity contribution in [2.75, 3.05) is 20.6 Å². The number of amides is 1. The fourth-order valence-corrected chi connectivity index (χ4v) is 3.85. The zero-order chi connectivity index (χ0) is 19.9. The Morgan fingerprint density at radius 1 is 0.964 bits per heavy atom. The maximum atomic E-state index is 12.5. The normalized spacial score (nSPS) is 14.4. The summed E-state index contributed by atoms with van der Waals surface area (Å²) in [6.07, 6.45) is 5.08. The summed E-state index contributed by atoms with van der Waals surface area (Å²) in [5.74, 6) is -0.0233. The third-order valence-electron chi connectivity index (χ3n) is 5.55. The van der Waals surface area contributed by atoms with Gasteiger partial charge in [-0.3, -0.25) is 9.59 Å². The van der Waals surface area contributed by atoms with Gasteiger partial charge in [0.2, 0.25) is 5.91 Å². The number of likely N-dealkylation sites (N-methyl/N-ethyl adjacent to an activating group) is 1. The highest BCUT2D eigenvalue weighted by atomic mass is 16.2. The topological polar surface area (TPSA) is 49.4 Å². The first-order valence-corrected chi connectivity index (χ1v) is 10.2. The summed E-state index contributed by atoms with van der Waals surface area (Å²) in [5.41, 5.74) is 4.58. The van der Waals surface area contributed by atoms with E-state index < -0.39 is 0 Å². The molecule has 0 heterocycles. The predicted octanol–water partition coefficient (Wildman–Crippen LogP) is 3.95. The van der Waals surface area contributed by atoms with Crippen LogP contribution < -0.4 is 5.32 Å². The number of carbonyl (C=O) groups excluding carboxylic acids is 2. The van der Waals surface area contributed by atoms with Gasteiger partial charge in [0.25, 0.3) is 0 Å². The number of aryl methyl sites for hydroxylation is 2. The number of nitrogens with zero attached hydrogens (tertiary/aromatic N) is 1. The van der Waals surface area contributed by atoms with Gasteiger partial charge < -0.3 is 10.2 Å². The summed E-state index contributed by atoms with van der Waals surface area (Å²) in [4.78, 5) is 26.9. The third kappa shape index (κ3) is 5.29. The molecule has 0 saturated heterocycles. The first-order valence-electron chi connectivity index (χ1n) is 10.2. The molecule has 2 aromatic carbocycles. The lowest BCUT2D eigenvalue weighted by Crippen LogP contribution is -2.34. The average molecular weight is 379 g/mol. The zero-order valence-corrected chi connectivity index (χ0v) is 16.9. The van der Waals surface area contributed by atoms with Crippen LogP contribution in [-0.4, -0.2) is 37.2 Å². The maximum absolute atomic E-state index is 12.5. The minimum Gasteiger partial charge on any atom is -0.354 e. The SMILES string of the molecule is CN(C)C(CNC(=O)CCC(=O)c1ccc2c(c1)CCCC2)c1ccccc1. The van der Waals surface area contributed by atoms with Gasteiger partial charge in [-0.05, 0) is 62.5 Å². The van der Waals surface area contributed by atoms with Crippen molar-refractivity contribution in [3.05, 3.63) is 70.8 Å². The molecular formula is C24H30N2O2. The zero-order valence-electron chi connectivity index (χ0n) is 16.9. The smallest absolute Gasteiger partial charge is 0.220 e. The molecule has 1 amide bonds. The molecule has 2 aromatic rings. The van der Waals surface area contributed by atoms with Crippen molar-refractivity contribution < 1.29 is 9.59 Å². The number of nitrogens with one attached hydrogen (secondary N) is 1. The van der Waals surface area contributed by atoms with Crippen molar-refractivity contribution in [2.45, 2.75) is 44.6 Å². The first kappa shape index (κ1) is 20.3. The molecule has 0 spiro atoms. The van der Waals surface area contributed by atoms with Crippen LogP contribution in [0.5, 0.6) is 0 Å². The molecule has 4 heteroatoms. The highest BCUT2D eigenvalue weighted by Crippen LogP contribution is 2.23. The van der Waals surface area contributed by atoms with Crippen molar-refractivity contribution in [3.8, 4) is 0 Å². The van der Waals surface area contributed by atoms with E-state index in [1.54, 1.807) is 0 Å². The van der Waals surface area contributed by atoms with Gasteiger partial charge in [0.1, 0.15) is 0 Å². The molecule has 4 nitrogen and oxygen atoms in total. The molecule has 0 fully saturated rings. The Hall–Kier alpha value is -2.46. The van der Waals surface area contributed by atoms with Gasteiger partial charge in [0, 0.05) is 24.9 Å². The number of rotatable bonds is 8.